The lowest BCUT2D eigenvalue weighted by molar-refractivity contribution is -0.605. The van der Waals surface area contributed by atoms with Crippen molar-refractivity contribution in [1.29, 1.82) is 0 Å². The molecular formula is C17H21N3O. The minimum absolute atomic E-state index is 0.445. The third-order valence-electron chi connectivity index (χ3n) is 4.01. The highest BCUT2D eigenvalue weighted by Crippen LogP contribution is 2.23. The predicted octanol–water partition coefficient (Wildman–Crippen LogP) is 2.71. The summed E-state index contributed by atoms with van der Waals surface area (Å²) in [5.74, 6) is 0. The number of para-hydroxylation sites is 1. The lowest BCUT2D eigenvalue weighted by Crippen LogP contribution is -2.42. The van der Waals surface area contributed by atoms with Crippen LogP contribution in [0.15, 0.2) is 48.8 Å². The quantitative estimate of drug-likeness (QED) is 0.695. The van der Waals surface area contributed by atoms with Gasteiger partial charge in [0.15, 0.2) is 12.4 Å². The number of hydrogen-bond donors (Lipinski definition) is 1. The van der Waals surface area contributed by atoms with Crippen LogP contribution in [0, 0.1) is 12.1 Å². The van der Waals surface area contributed by atoms with Gasteiger partial charge in [-0.15, -0.1) is 0 Å². The van der Waals surface area contributed by atoms with Crippen molar-refractivity contribution in [3.63, 3.8) is 0 Å². The number of anilines is 2. The molecule has 1 aromatic heterocycles. The fourth-order valence-electron chi connectivity index (χ4n) is 3.01. The zero-order valence-electron chi connectivity index (χ0n) is 12.3. The summed E-state index contributed by atoms with van der Waals surface area (Å²) in [5.41, 5.74) is 3.38. The number of aromatic nitrogens is 1. The van der Waals surface area contributed by atoms with Crippen LogP contribution in [0.1, 0.15) is 18.4 Å². The Hall–Kier alpha value is -2.23. The Kier molecular flexibility index (Phi) is 3.95. The van der Waals surface area contributed by atoms with Crippen LogP contribution in [0.3, 0.4) is 0 Å². The molecule has 4 nitrogen and oxygen atoms in total. The Bertz CT molecular complexity index is 600. The van der Waals surface area contributed by atoms with Crippen LogP contribution in [0.4, 0.5) is 11.4 Å². The summed E-state index contributed by atoms with van der Waals surface area (Å²) >= 11 is 0. The maximum Gasteiger partial charge on any atom is 0.185 e. The van der Waals surface area contributed by atoms with Crippen LogP contribution in [-0.4, -0.2) is 19.1 Å². The lowest BCUT2D eigenvalue weighted by Gasteiger charge is -2.35. The highest BCUT2D eigenvalue weighted by molar-refractivity contribution is 5.52. The number of aryl methyl sites for hydroxylation is 1. The second kappa shape index (κ2) is 6.04. The first-order valence-electron chi connectivity index (χ1n) is 7.48. The molecule has 0 bridgehead atoms. The van der Waals surface area contributed by atoms with E-state index >= 15 is 0 Å². The van der Waals surface area contributed by atoms with E-state index in [2.05, 4.69) is 34.5 Å². The smallest absolute Gasteiger partial charge is 0.185 e. The maximum absolute atomic E-state index is 11.3. The van der Waals surface area contributed by atoms with E-state index in [0.29, 0.717) is 6.04 Å². The van der Waals surface area contributed by atoms with E-state index in [1.807, 2.05) is 19.1 Å². The van der Waals surface area contributed by atoms with Crippen molar-refractivity contribution in [2.75, 3.05) is 23.3 Å². The number of nitrogens with one attached hydrogen (secondary N) is 1. The third kappa shape index (κ3) is 3.27. The third-order valence-corrected chi connectivity index (χ3v) is 4.01. The molecule has 2 heterocycles. The summed E-state index contributed by atoms with van der Waals surface area (Å²) in [4.78, 5) is 2.37. The highest BCUT2D eigenvalue weighted by Gasteiger charge is 2.21. The summed E-state index contributed by atoms with van der Waals surface area (Å²) in [6.45, 7) is 4.02. The Balaban J connectivity index is 1.71. The van der Waals surface area contributed by atoms with Gasteiger partial charge in [0.1, 0.15) is 0 Å². The number of hydrogen-bond acceptors (Lipinski definition) is 3. The van der Waals surface area contributed by atoms with Crippen molar-refractivity contribution >= 4 is 11.4 Å². The number of benzene rings is 1. The van der Waals surface area contributed by atoms with Crippen molar-refractivity contribution in [3.8, 4) is 0 Å². The zero-order valence-corrected chi connectivity index (χ0v) is 12.3. The van der Waals surface area contributed by atoms with Crippen LogP contribution in [0.5, 0.6) is 0 Å². The molecule has 1 aliphatic heterocycles. The fraction of sp³-hybridized carbons (Fsp3) is 0.353. The molecule has 1 saturated heterocycles. The van der Waals surface area contributed by atoms with Crippen LogP contribution in [-0.2, 0) is 0 Å². The fourth-order valence-corrected chi connectivity index (χ4v) is 3.01. The molecule has 0 saturated carbocycles. The molecule has 3 rings (SSSR count). The Morgan fingerprint density at radius 2 is 2.05 bits per heavy atom. The van der Waals surface area contributed by atoms with E-state index in [1.54, 1.807) is 12.4 Å². The molecule has 0 radical (unpaired) electrons. The number of piperidine rings is 1. The molecule has 0 amide bonds. The lowest BCUT2D eigenvalue weighted by atomic mass is 10.0. The predicted molar refractivity (Wildman–Crippen MR) is 85.4 cm³/mol. The Labute approximate surface area is 125 Å². The first-order chi connectivity index (χ1) is 10.2. The molecule has 21 heavy (non-hydrogen) atoms. The van der Waals surface area contributed by atoms with E-state index < -0.39 is 0 Å². The molecule has 1 aliphatic rings. The maximum atomic E-state index is 11.3. The van der Waals surface area contributed by atoms with Gasteiger partial charge < -0.3 is 15.4 Å². The second-order valence-electron chi connectivity index (χ2n) is 5.67. The molecule has 0 spiro atoms. The Morgan fingerprint density at radius 1 is 1.24 bits per heavy atom. The van der Waals surface area contributed by atoms with E-state index in [4.69, 9.17) is 0 Å². The van der Waals surface area contributed by atoms with E-state index in [-0.39, 0.29) is 0 Å². The molecule has 1 fully saturated rings. The van der Waals surface area contributed by atoms with Gasteiger partial charge in [0.2, 0.25) is 0 Å². The van der Waals surface area contributed by atoms with E-state index in [1.165, 1.54) is 17.8 Å². The summed E-state index contributed by atoms with van der Waals surface area (Å²) < 4.78 is 0.864. The average molecular weight is 283 g/mol. The first kappa shape index (κ1) is 13.7. The molecular weight excluding hydrogens is 262 g/mol. The van der Waals surface area contributed by atoms with Crippen molar-refractivity contribution in [1.82, 2.24) is 0 Å². The normalized spacial score (nSPS) is 18.5. The zero-order chi connectivity index (χ0) is 14.7. The van der Waals surface area contributed by atoms with Crippen LogP contribution < -0.4 is 14.9 Å². The van der Waals surface area contributed by atoms with Gasteiger partial charge in [-0.25, -0.2) is 0 Å². The van der Waals surface area contributed by atoms with Gasteiger partial charge in [0.25, 0.3) is 0 Å². The number of nitrogens with zero attached hydrogens (tertiary/aromatic N) is 2. The van der Waals surface area contributed by atoms with E-state index in [0.717, 1.165) is 29.8 Å². The van der Waals surface area contributed by atoms with Crippen LogP contribution in [0.25, 0.3) is 0 Å². The molecule has 1 aromatic carbocycles. The minimum Gasteiger partial charge on any atom is -0.619 e. The van der Waals surface area contributed by atoms with Crippen LogP contribution in [0.2, 0.25) is 0 Å². The minimum atomic E-state index is 0.445. The molecule has 110 valence electrons. The molecule has 0 unspecified atom stereocenters. The highest BCUT2D eigenvalue weighted by atomic mass is 16.5. The van der Waals surface area contributed by atoms with Crippen molar-refractivity contribution in [2.45, 2.75) is 25.8 Å². The van der Waals surface area contributed by atoms with Gasteiger partial charge in [-0.05, 0) is 31.9 Å². The van der Waals surface area contributed by atoms with Gasteiger partial charge in [-0.3, -0.25) is 0 Å². The summed E-state index contributed by atoms with van der Waals surface area (Å²) in [5, 5.41) is 14.9. The Morgan fingerprint density at radius 3 is 2.81 bits per heavy atom. The molecule has 1 N–H and O–H groups in total. The summed E-state index contributed by atoms with van der Waals surface area (Å²) in [6.07, 6.45) is 5.56. The largest absolute Gasteiger partial charge is 0.619 e. The SMILES string of the molecule is Cc1c[n+]([O-])ccc1N1CCC[C@@H](Nc2ccccc2)C1. The molecule has 2 aromatic rings. The monoisotopic (exact) mass is 283 g/mol. The summed E-state index contributed by atoms with van der Waals surface area (Å²) in [7, 11) is 0. The topological polar surface area (TPSA) is 42.2 Å². The van der Waals surface area contributed by atoms with Crippen LogP contribution >= 0.6 is 0 Å². The number of rotatable bonds is 3. The van der Waals surface area contributed by atoms with Gasteiger partial charge in [0, 0.05) is 36.4 Å². The van der Waals surface area contributed by atoms with Crippen molar-refractivity contribution in [3.05, 3.63) is 59.6 Å². The first-order valence-corrected chi connectivity index (χ1v) is 7.48. The molecule has 4 heteroatoms. The van der Waals surface area contributed by atoms with E-state index in [9.17, 15) is 5.21 Å². The summed E-state index contributed by atoms with van der Waals surface area (Å²) in [6, 6.07) is 12.7. The second-order valence-corrected chi connectivity index (χ2v) is 5.67. The molecule has 0 aliphatic carbocycles. The van der Waals surface area contributed by atoms with Gasteiger partial charge in [-0.2, -0.15) is 4.73 Å². The van der Waals surface area contributed by atoms with Crippen molar-refractivity contribution < 1.29 is 4.73 Å². The van der Waals surface area contributed by atoms with Gasteiger partial charge >= 0.3 is 0 Å². The van der Waals surface area contributed by atoms with Gasteiger partial charge in [-0.1, -0.05) is 18.2 Å². The standard InChI is InChI=1S/C17H21N3O/c1-14-12-20(21)11-9-17(14)19-10-5-8-16(13-19)18-15-6-3-2-4-7-15/h2-4,6-7,9,11-12,16,18H,5,8,10,13H2,1H3/t16-/m1/s1. The van der Waals surface area contributed by atoms with Gasteiger partial charge in [0.05, 0.1) is 5.69 Å². The average Bonchev–Trinajstić information content (AvgIpc) is 2.48. The number of pyridine rings is 1. The molecule has 1 atom stereocenters. The van der Waals surface area contributed by atoms with Crippen molar-refractivity contribution in [2.24, 2.45) is 0 Å².